The number of aromatic nitrogens is 1. The van der Waals surface area contributed by atoms with Gasteiger partial charge in [-0.15, -0.1) is 11.3 Å². The fourth-order valence-electron chi connectivity index (χ4n) is 2.88. The summed E-state index contributed by atoms with van der Waals surface area (Å²) in [5.74, 6) is 1.21. The summed E-state index contributed by atoms with van der Waals surface area (Å²) in [5.41, 5.74) is 1.56. The van der Waals surface area contributed by atoms with Crippen LogP contribution in [-0.4, -0.2) is 28.0 Å². The fourth-order valence-corrected chi connectivity index (χ4v) is 4.78. The number of hydrogen-bond donors (Lipinski definition) is 1. The van der Waals surface area contributed by atoms with E-state index in [0.29, 0.717) is 5.54 Å². The van der Waals surface area contributed by atoms with Gasteiger partial charge in [-0.1, -0.05) is 31.0 Å². The molecular weight excluding hydrogens is 274 g/mol. The fraction of sp³-hybridized carbons (Fsp3) is 0.714. The molecule has 19 heavy (non-hydrogen) atoms. The van der Waals surface area contributed by atoms with E-state index in [1.54, 1.807) is 11.3 Å². The van der Waals surface area contributed by atoms with Gasteiger partial charge in [-0.2, -0.15) is 0 Å². The smallest absolute Gasteiger partial charge is 0.157 e. The van der Waals surface area contributed by atoms with E-state index >= 15 is 0 Å². The molecule has 1 spiro atoms. The molecule has 2 aliphatic rings. The van der Waals surface area contributed by atoms with Crippen molar-refractivity contribution in [3.8, 4) is 0 Å². The van der Waals surface area contributed by atoms with Crippen molar-refractivity contribution in [3.05, 3.63) is 16.1 Å². The molecule has 0 unspecified atom stereocenters. The maximum atomic E-state index is 4.71. The molecule has 3 rings (SSSR count). The van der Waals surface area contributed by atoms with Gasteiger partial charge in [0.25, 0.3) is 0 Å². The second kappa shape index (κ2) is 5.83. The average Bonchev–Trinajstić information content (AvgIpc) is 2.99. The quantitative estimate of drug-likeness (QED) is 0.929. The number of amidine groups is 1. The second-order valence-electron chi connectivity index (χ2n) is 5.55. The molecule has 1 aromatic heterocycles. The second-order valence-corrected chi connectivity index (χ2v) is 7.58. The number of thioether (sulfide) groups is 1. The molecule has 1 N–H and O–H groups in total. The third kappa shape index (κ3) is 3.31. The van der Waals surface area contributed by atoms with Crippen LogP contribution in [0.3, 0.4) is 0 Å². The summed E-state index contributed by atoms with van der Waals surface area (Å²) in [4.78, 5) is 9.19. The predicted molar refractivity (Wildman–Crippen MR) is 84.3 cm³/mol. The number of rotatable bonds is 3. The molecule has 1 saturated carbocycles. The molecule has 0 amide bonds. The first-order valence-electron chi connectivity index (χ1n) is 7.12. The van der Waals surface area contributed by atoms with Crippen molar-refractivity contribution in [3.63, 3.8) is 0 Å². The van der Waals surface area contributed by atoms with Crippen LogP contribution in [0.4, 0.5) is 0 Å². The van der Waals surface area contributed by atoms with Crippen molar-refractivity contribution in [1.29, 1.82) is 0 Å². The average molecular weight is 295 g/mol. The molecule has 1 aromatic rings. The summed E-state index contributed by atoms with van der Waals surface area (Å²) in [6, 6.07) is 0. The van der Waals surface area contributed by atoms with Gasteiger partial charge in [-0.3, -0.25) is 4.99 Å². The number of thiazole rings is 1. The maximum absolute atomic E-state index is 4.71. The van der Waals surface area contributed by atoms with E-state index < -0.39 is 0 Å². The van der Waals surface area contributed by atoms with E-state index in [4.69, 9.17) is 4.99 Å². The number of nitrogens with zero attached hydrogens (tertiary/aromatic N) is 2. The van der Waals surface area contributed by atoms with E-state index in [-0.39, 0.29) is 0 Å². The van der Waals surface area contributed by atoms with Crippen LogP contribution in [0, 0.1) is 6.92 Å². The number of nitrogens with one attached hydrogen (secondary N) is 1. The van der Waals surface area contributed by atoms with Crippen LogP contribution in [0.15, 0.2) is 10.4 Å². The normalized spacial score (nSPS) is 23.9. The zero-order valence-electron chi connectivity index (χ0n) is 11.4. The molecule has 0 bridgehead atoms. The van der Waals surface area contributed by atoms with Gasteiger partial charge in [0.1, 0.15) is 0 Å². The van der Waals surface area contributed by atoms with Gasteiger partial charge in [0.2, 0.25) is 0 Å². The van der Waals surface area contributed by atoms with Gasteiger partial charge in [-0.05, 0) is 19.8 Å². The SMILES string of the molecule is Cc1nc(CCN=C2NC3(CCCCC3)CS2)cs1. The Balaban J connectivity index is 1.51. The first-order chi connectivity index (χ1) is 9.26. The molecule has 0 radical (unpaired) electrons. The van der Waals surface area contributed by atoms with E-state index in [2.05, 4.69) is 22.6 Å². The summed E-state index contributed by atoms with van der Waals surface area (Å²) in [6.45, 7) is 2.91. The summed E-state index contributed by atoms with van der Waals surface area (Å²) in [7, 11) is 0. The highest BCUT2D eigenvalue weighted by Gasteiger charge is 2.37. The highest BCUT2D eigenvalue weighted by Crippen LogP contribution is 2.36. The molecule has 3 nitrogen and oxygen atoms in total. The summed E-state index contributed by atoms with van der Waals surface area (Å²) < 4.78 is 0. The first kappa shape index (κ1) is 13.4. The third-order valence-corrected chi connectivity index (χ3v) is 5.98. The minimum atomic E-state index is 0.374. The van der Waals surface area contributed by atoms with Crippen molar-refractivity contribution < 1.29 is 0 Å². The predicted octanol–water partition coefficient (Wildman–Crippen LogP) is 3.39. The lowest BCUT2D eigenvalue weighted by atomic mass is 9.83. The van der Waals surface area contributed by atoms with Crippen LogP contribution in [-0.2, 0) is 6.42 Å². The zero-order valence-corrected chi connectivity index (χ0v) is 13.1. The summed E-state index contributed by atoms with van der Waals surface area (Å²) >= 11 is 3.63. The van der Waals surface area contributed by atoms with E-state index in [0.717, 1.165) is 23.1 Å². The molecule has 1 aliphatic carbocycles. The zero-order chi connectivity index (χ0) is 13.1. The lowest BCUT2D eigenvalue weighted by Crippen LogP contribution is -2.45. The van der Waals surface area contributed by atoms with Crippen molar-refractivity contribution in [2.45, 2.75) is 51.0 Å². The highest BCUT2D eigenvalue weighted by atomic mass is 32.2. The number of hydrogen-bond acceptors (Lipinski definition) is 4. The highest BCUT2D eigenvalue weighted by molar-refractivity contribution is 8.14. The van der Waals surface area contributed by atoms with Crippen molar-refractivity contribution >= 4 is 28.3 Å². The van der Waals surface area contributed by atoms with Crippen molar-refractivity contribution in [2.75, 3.05) is 12.3 Å². The Bertz CT molecular complexity index is 461. The maximum Gasteiger partial charge on any atom is 0.157 e. The Morgan fingerprint density at radius 2 is 2.21 bits per heavy atom. The Labute approximate surface area is 123 Å². The van der Waals surface area contributed by atoms with Crippen LogP contribution in [0.5, 0.6) is 0 Å². The van der Waals surface area contributed by atoms with Gasteiger partial charge in [0, 0.05) is 29.6 Å². The lowest BCUT2D eigenvalue weighted by Gasteiger charge is -2.32. The van der Waals surface area contributed by atoms with Gasteiger partial charge in [0.15, 0.2) is 5.17 Å². The minimum Gasteiger partial charge on any atom is -0.359 e. The van der Waals surface area contributed by atoms with E-state index in [9.17, 15) is 0 Å². The standard InChI is InChI=1S/C14H21N3S2/c1-11-16-12(9-18-11)5-8-15-13-17-14(10-19-13)6-3-2-4-7-14/h9H,2-8,10H2,1H3,(H,15,17). The van der Waals surface area contributed by atoms with Crippen LogP contribution in [0.25, 0.3) is 0 Å². The van der Waals surface area contributed by atoms with Gasteiger partial charge >= 0.3 is 0 Å². The topological polar surface area (TPSA) is 37.3 Å². The summed E-state index contributed by atoms with van der Waals surface area (Å²) in [5, 5.41) is 8.15. The van der Waals surface area contributed by atoms with Gasteiger partial charge < -0.3 is 5.32 Å². The van der Waals surface area contributed by atoms with E-state index in [1.165, 1.54) is 43.6 Å². The number of aryl methyl sites for hydroxylation is 1. The van der Waals surface area contributed by atoms with Gasteiger partial charge in [-0.25, -0.2) is 4.98 Å². The first-order valence-corrected chi connectivity index (χ1v) is 8.99. The molecule has 5 heteroatoms. The molecule has 0 aromatic carbocycles. The molecule has 2 fully saturated rings. The number of aliphatic imine (C=N–C) groups is 1. The monoisotopic (exact) mass is 295 g/mol. The molecule has 0 atom stereocenters. The van der Waals surface area contributed by atoms with Crippen LogP contribution < -0.4 is 5.32 Å². The van der Waals surface area contributed by atoms with Crippen molar-refractivity contribution in [1.82, 2.24) is 10.3 Å². The van der Waals surface area contributed by atoms with Crippen LogP contribution >= 0.6 is 23.1 Å². The molecular formula is C14H21N3S2. The molecule has 2 heterocycles. The Morgan fingerprint density at radius 3 is 2.95 bits per heavy atom. The van der Waals surface area contributed by atoms with Crippen molar-refractivity contribution in [2.24, 2.45) is 4.99 Å². The Morgan fingerprint density at radius 1 is 1.37 bits per heavy atom. The van der Waals surface area contributed by atoms with E-state index in [1.807, 2.05) is 11.8 Å². The van der Waals surface area contributed by atoms with Crippen LogP contribution in [0.2, 0.25) is 0 Å². The molecule has 104 valence electrons. The lowest BCUT2D eigenvalue weighted by molar-refractivity contribution is 0.303. The van der Waals surface area contributed by atoms with Crippen LogP contribution in [0.1, 0.15) is 42.8 Å². The largest absolute Gasteiger partial charge is 0.359 e. The van der Waals surface area contributed by atoms with Gasteiger partial charge in [0.05, 0.1) is 10.7 Å². The minimum absolute atomic E-state index is 0.374. The Kier molecular flexibility index (Phi) is 4.12. The molecule has 1 aliphatic heterocycles. The summed E-state index contributed by atoms with van der Waals surface area (Å²) in [6.07, 6.45) is 7.76. The Hall–Kier alpha value is -0.550. The molecule has 1 saturated heterocycles. The third-order valence-electron chi connectivity index (χ3n) is 3.96.